The van der Waals surface area contributed by atoms with Gasteiger partial charge in [-0.3, -0.25) is 9.59 Å². The van der Waals surface area contributed by atoms with Crippen LogP contribution in [0.25, 0.3) is 0 Å². The van der Waals surface area contributed by atoms with Crippen LogP contribution in [0.3, 0.4) is 0 Å². The van der Waals surface area contributed by atoms with Crippen LogP contribution in [0.1, 0.15) is 53.9 Å². The highest BCUT2D eigenvalue weighted by atomic mass is 16.2. The molecule has 2 bridgehead atoms. The van der Waals surface area contributed by atoms with E-state index < -0.39 is 0 Å². The summed E-state index contributed by atoms with van der Waals surface area (Å²) in [7, 11) is 0. The Morgan fingerprint density at radius 2 is 1.90 bits per heavy atom. The molecule has 0 spiro atoms. The van der Waals surface area contributed by atoms with Crippen LogP contribution in [0.15, 0.2) is 0 Å². The standard InChI is InChI=1S/C17H28N2O2/c1-10(2)13-14(21)19(9-12(20)18-13)15-16(3,4)11-6-7-17(15,5)8-11/h10-11,13,15H,6-9H2,1-5H3,(H,18,20). The van der Waals surface area contributed by atoms with E-state index in [0.29, 0.717) is 5.92 Å². The number of nitrogens with zero attached hydrogens (tertiary/aromatic N) is 1. The SMILES string of the molecule is CC(C)C1NC(=O)CN(C2C3(C)CCC(C3)C2(C)C)C1=O. The van der Waals surface area contributed by atoms with E-state index in [-0.39, 0.29) is 47.2 Å². The summed E-state index contributed by atoms with van der Waals surface area (Å²) in [5.74, 6) is 0.938. The molecule has 1 saturated heterocycles. The predicted molar refractivity (Wildman–Crippen MR) is 81.5 cm³/mol. The molecule has 0 radical (unpaired) electrons. The van der Waals surface area contributed by atoms with Crippen molar-refractivity contribution in [2.24, 2.45) is 22.7 Å². The number of fused-ring (bicyclic) bond motifs is 2. The van der Waals surface area contributed by atoms with Gasteiger partial charge in [0.2, 0.25) is 11.8 Å². The van der Waals surface area contributed by atoms with Crippen molar-refractivity contribution < 1.29 is 9.59 Å². The minimum absolute atomic E-state index is 0.00419. The second kappa shape index (κ2) is 4.47. The van der Waals surface area contributed by atoms with Gasteiger partial charge in [-0.2, -0.15) is 0 Å². The zero-order chi connectivity index (χ0) is 15.6. The Bertz CT molecular complexity index is 480. The van der Waals surface area contributed by atoms with Gasteiger partial charge in [-0.05, 0) is 41.9 Å². The fraction of sp³-hybridized carbons (Fsp3) is 0.882. The van der Waals surface area contributed by atoms with E-state index in [4.69, 9.17) is 0 Å². The van der Waals surface area contributed by atoms with E-state index in [1.54, 1.807) is 0 Å². The maximum absolute atomic E-state index is 12.9. The molecule has 1 N–H and O–H groups in total. The molecule has 118 valence electrons. The average molecular weight is 292 g/mol. The van der Waals surface area contributed by atoms with Gasteiger partial charge in [-0.15, -0.1) is 0 Å². The molecular weight excluding hydrogens is 264 g/mol. The smallest absolute Gasteiger partial charge is 0.246 e. The lowest BCUT2D eigenvalue weighted by atomic mass is 9.67. The summed E-state index contributed by atoms with van der Waals surface area (Å²) in [6.45, 7) is 11.1. The van der Waals surface area contributed by atoms with E-state index in [1.165, 1.54) is 19.3 Å². The third kappa shape index (κ3) is 2.01. The van der Waals surface area contributed by atoms with E-state index >= 15 is 0 Å². The molecule has 2 aliphatic carbocycles. The van der Waals surface area contributed by atoms with Crippen molar-refractivity contribution in [2.75, 3.05) is 6.54 Å². The Labute approximate surface area is 127 Å². The third-order valence-electron chi connectivity index (χ3n) is 6.35. The number of hydrogen-bond donors (Lipinski definition) is 1. The molecule has 0 aromatic carbocycles. The van der Waals surface area contributed by atoms with Crippen molar-refractivity contribution in [3.8, 4) is 0 Å². The lowest BCUT2D eigenvalue weighted by Crippen LogP contribution is -2.66. The highest BCUT2D eigenvalue weighted by Gasteiger charge is 2.62. The highest BCUT2D eigenvalue weighted by molar-refractivity contribution is 5.95. The summed E-state index contributed by atoms with van der Waals surface area (Å²) < 4.78 is 0. The normalized spacial score (nSPS) is 41.8. The molecule has 1 aliphatic heterocycles. The Kier molecular flexibility index (Phi) is 3.16. The van der Waals surface area contributed by atoms with Gasteiger partial charge in [-0.25, -0.2) is 0 Å². The van der Waals surface area contributed by atoms with Crippen LogP contribution in [-0.4, -0.2) is 35.3 Å². The first-order chi connectivity index (χ1) is 9.67. The van der Waals surface area contributed by atoms with Crippen LogP contribution in [-0.2, 0) is 9.59 Å². The fourth-order valence-electron chi connectivity index (χ4n) is 5.42. The summed E-state index contributed by atoms with van der Waals surface area (Å²) in [5.41, 5.74) is 0.296. The molecule has 2 saturated carbocycles. The van der Waals surface area contributed by atoms with Crippen LogP contribution >= 0.6 is 0 Å². The monoisotopic (exact) mass is 292 g/mol. The van der Waals surface area contributed by atoms with Gasteiger partial charge in [0, 0.05) is 6.04 Å². The number of carbonyl (C=O) groups is 2. The van der Waals surface area contributed by atoms with Gasteiger partial charge in [0.05, 0.1) is 6.54 Å². The first kappa shape index (κ1) is 14.9. The third-order valence-corrected chi connectivity index (χ3v) is 6.35. The second-order valence-electron chi connectivity index (χ2n) is 8.57. The van der Waals surface area contributed by atoms with Crippen molar-refractivity contribution in [1.29, 1.82) is 0 Å². The van der Waals surface area contributed by atoms with Gasteiger partial charge in [-0.1, -0.05) is 34.6 Å². The Balaban J connectivity index is 1.95. The molecule has 0 aromatic heterocycles. The highest BCUT2D eigenvalue weighted by Crippen LogP contribution is 2.64. The van der Waals surface area contributed by atoms with Crippen LogP contribution in [0, 0.1) is 22.7 Å². The van der Waals surface area contributed by atoms with Crippen LogP contribution < -0.4 is 5.32 Å². The lowest BCUT2D eigenvalue weighted by molar-refractivity contribution is -0.154. The Morgan fingerprint density at radius 3 is 2.43 bits per heavy atom. The van der Waals surface area contributed by atoms with E-state index in [2.05, 4.69) is 26.1 Å². The van der Waals surface area contributed by atoms with Gasteiger partial charge in [0.15, 0.2) is 0 Å². The van der Waals surface area contributed by atoms with Gasteiger partial charge in [0.25, 0.3) is 0 Å². The number of piperazine rings is 1. The van der Waals surface area contributed by atoms with E-state index in [9.17, 15) is 9.59 Å². The molecule has 0 aromatic rings. The van der Waals surface area contributed by atoms with Crippen molar-refractivity contribution in [1.82, 2.24) is 10.2 Å². The Morgan fingerprint density at radius 1 is 1.24 bits per heavy atom. The number of rotatable bonds is 2. The minimum Gasteiger partial charge on any atom is -0.343 e. The first-order valence-corrected chi connectivity index (χ1v) is 8.26. The summed E-state index contributed by atoms with van der Waals surface area (Å²) in [6.07, 6.45) is 3.65. The lowest BCUT2D eigenvalue weighted by Gasteiger charge is -2.51. The van der Waals surface area contributed by atoms with Gasteiger partial charge < -0.3 is 10.2 Å². The number of carbonyl (C=O) groups excluding carboxylic acids is 2. The molecule has 4 unspecified atom stereocenters. The number of nitrogens with one attached hydrogen (secondary N) is 1. The zero-order valence-corrected chi connectivity index (χ0v) is 13.9. The number of hydrogen-bond acceptors (Lipinski definition) is 2. The van der Waals surface area contributed by atoms with Crippen molar-refractivity contribution in [3.63, 3.8) is 0 Å². The fourth-order valence-corrected chi connectivity index (χ4v) is 5.42. The van der Waals surface area contributed by atoms with Gasteiger partial charge in [0.1, 0.15) is 6.04 Å². The maximum atomic E-state index is 12.9. The van der Waals surface area contributed by atoms with Crippen LogP contribution in [0.2, 0.25) is 0 Å². The largest absolute Gasteiger partial charge is 0.343 e. The van der Waals surface area contributed by atoms with E-state index in [0.717, 1.165) is 0 Å². The minimum atomic E-state index is -0.357. The maximum Gasteiger partial charge on any atom is 0.246 e. The molecule has 1 heterocycles. The van der Waals surface area contributed by atoms with E-state index in [1.807, 2.05) is 18.7 Å². The zero-order valence-electron chi connectivity index (χ0n) is 13.9. The quantitative estimate of drug-likeness (QED) is 0.848. The first-order valence-electron chi connectivity index (χ1n) is 8.26. The molecular formula is C17H28N2O2. The molecule has 21 heavy (non-hydrogen) atoms. The van der Waals surface area contributed by atoms with Crippen molar-refractivity contribution in [3.05, 3.63) is 0 Å². The topological polar surface area (TPSA) is 49.4 Å². The summed E-state index contributed by atoms with van der Waals surface area (Å²) in [6, 6.07) is -0.159. The molecule has 3 aliphatic rings. The molecule has 4 heteroatoms. The molecule has 4 nitrogen and oxygen atoms in total. The summed E-state index contributed by atoms with van der Waals surface area (Å²) in [5, 5.41) is 2.87. The molecule has 3 rings (SSSR count). The molecule has 4 atom stereocenters. The Hall–Kier alpha value is -1.06. The van der Waals surface area contributed by atoms with Crippen molar-refractivity contribution >= 4 is 11.8 Å². The van der Waals surface area contributed by atoms with Crippen LogP contribution in [0.5, 0.6) is 0 Å². The van der Waals surface area contributed by atoms with Gasteiger partial charge >= 0.3 is 0 Å². The van der Waals surface area contributed by atoms with Crippen LogP contribution in [0.4, 0.5) is 0 Å². The molecule has 2 amide bonds. The predicted octanol–water partition coefficient (Wildman–Crippen LogP) is 2.18. The number of amides is 2. The second-order valence-corrected chi connectivity index (χ2v) is 8.57. The van der Waals surface area contributed by atoms with Crippen molar-refractivity contribution in [2.45, 2.75) is 66.0 Å². The summed E-state index contributed by atoms with van der Waals surface area (Å²) in [4.78, 5) is 26.9. The summed E-state index contributed by atoms with van der Waals surface area (Å²) >= 11 is 0. The average Bonchev–Trinajstić information content (AvgIpc) is 2.83. The molecule has 3 fully saturated rings.